The van der Waals surface area contributed by atoms with Gasteiger partial charge in [-0.3, -0.25) is 14.9 Å². The van der Waals surface area contributed by atoms with Gasteiger partial charge in [0.15, 0.2) is 0 Å². The summed E-state index contributed by atoms with van der Waals surface area (Å²) in [6.45, 7) is 0.235. The van der Waals surface area contributed by atoms with Gasteiger partial charge in [-0.25, -0.2) is 0 Å². The Morgan fingerprint density at radius 3 is 2.43 bits per heavy atom. The van der Waals surface area contributed by atoms with Gasteiger partial charge in [-0.05, 0) is 11.6 Å². The number of nitrogens with zero attached hydrogens (tertiary/aromatic N) is 1. The topological polar surface area (TPSA) is 92.5 Å². The Morgan fingerprint density at radius 2 is 1.81 bits per heavy atom. The minimum Gasteiger partial charge on any atom is -0.508 e. The molecule has 0 aromatic heterocycles. The smallest absolute Gasteiger partial charge is 0.269 e. The third kappa shape index (κ3) is 4.04. The summed E-state index contributed by atoms with van der Waals surface area (Å²) in [7, 11) is 0. The molecule has 2 N–H and O–H groups in total. The van der Waals surface area contributed by atoms with Gasteiger partial charge in [-0.1, -0.05) is 30.3 Å². The quantitative estimate of drug-likeness (QED) is 0.650. The summed E-state index contributed by atoms with van der Waals surface area (Å²) < 4.78 is 0. The first-order chi connectivity index (χ1) is 10.1. The van der Waals surface area contributed by atoms with Crippen LogP contribution in [0.2, 0.25) is 0 Å². The molecule has 0 atom stereocenters. The van der Waals surface area contributed by atoms with Gasteiger partial charge >= 0.3 is 0 Å². The number of aromatic hydroxyl groups is 1. The highest BCUT2D eigenvalue weighted by molar-refractivity contribution is 5.78. The van der Waals surface area contributed by atoms with Crippen molar-refractivity contribution in [2.24, 2.45) is 0 Å². The lowest BCUT2D eigenvalue weighted by Gasteiger charge is -2.07. The second-order valence-corrected chi connectivity index (χ2v) is 4.51. The number of phenolic OH excluding ortho intramolecular Hbond substituents is 1. The number of non-ortho nitro benzene ring substituents is 1. The largest absolute Gasteiger partial charge is 0.508 e. The number of benzene rings is 2. The number of nitrogens with one attached hydrogen (secondary N) is 1. The van der Waals surface area contributed by atoms with Crippen molar-refractivity contribution in [1.29, 1.82) is 0 Å². The fourth-order valence-electron chi connectivity index (χ4n) is 1.84. The van der Waals surface area contributed by atoms with Gasteiger partial charge in [0.1, 0.15) is 5.75 Å². The first-order valence-corrected chi connectivity index (χ1v) is 6.33. The van der Waals surface area contributed by atoms with Gasteiger partial charge in [0.05, 0.1) is 11.3 Å². The zero-order valence-corrected chi connectivity index (χ0v) is 11.2. The maximum Gasteiger partial charge on any atom is 0.269 e. The van der Waals surface area contributed by atoms with Gasteiger partial charge in [0, 0.05) is 24.2 Å². The molecule has 2 rings (SSSR count). The van der Waals surface area contributed by atoms with Gasteiger partial charge < -0.3 is 10.4 Å². The van der Waals surface area contributed by atoms with E-state index in [1.165, 1.54) is 12.1 Å². The first kappa shape index (κ1) is 14.5. The van der Waals surface area contributed by atoms with E-state index < -0.39 is 4.92 Å². The van der Waals surface area contributed by atoms with Crippen LogP contribution in [0.25, 0.3) is 0 Å². The Labute approximate surface area is 121 Å². The van der Waals surface area contributed by atoms with Crippen LogP contribution in [0, 0.1) is 10.1 Å². The second kappa shape index (κ2) is 6.51. The fourth-order valence-corrected chi connectivity index (χ4v) is 1.84. The Morgan fingerprint density at radius 1 is 1.14 bits per heavy atom. The normalized spacial score (nSPS) is 10.1. The van der Waals surface area contributed by atoms with Crippen molar-refractivity contribution >= 4 is 11.6 Å². The van der Waals surface area contributed by atoms with E-state index >= 15 is 0 Å². The van der Waals surface area contributed by atoms with Crippen LogP contribution in [0.5, 0.6) is 5.75 Å². The average Bonchev–Trinajstić information content (AvgIpc) is 2.47. The molecule has 0 aliphatic heterocycles. The number of rotatable bonds is 5. The molecule has 108 valence electrons. The van der Waals surface area contributed by atoms with Gasteiger partial charge in [0.25, 0.3) is 5.69 Å². The van der Waals surface area contributed by atoms with E-state index in [9.17, 15) is 20.0 Å². The zero-order chi connectivity index (χ0) is 15.2. The van der Waals surface area contributed by atoms with Crippen LogP contribution in [-0.2, 0) is 17.8 Å². The molecule has 0 fully saturated rings. The molecule has 0 saturated heterocycles. The summed E-state index contributed by atoms with van der Waals surface area (Å²) in [5, 5.41) is 22.8. The number of para-hydroxylation sites is 1. The van der Waals surface area contributed by atoms with Crippen LogP contribution in [0.1, 0.15) is 11.1 Å². The average molecular weight is 286 g/mol. The lowest BCUT2D eigenvalue weighted by atomic mass is 10.1. The minimum absolute atomic E-state index is 0.00614. The van der Waals surface area contributed by atoms with Crippen molar-refractivity contribution in [1.82, 2.24) is 5.32 Å². The molecule has 2 aromatic rings. The summed E-state index contributed by atoms with van der Waals surface area (Å²) in [5.41, 5.74) is 1.32. The minimum atomic E-state index is -0.484. The van der Waals surface area contributed by atoms with Crippen molar-refractivity contribution in [3.8, 4) is 5.75 Å². The van der Waals surface area contributed by atoms with Crippen molar-refractivity contribution in [2.75, 3.05) is 0 Å². The first-order valence-electron chi connectivity index (χ1n) is 6.33. The van der Waals surface area contributed by atoms with E-state index in [1.54, 1.807) is 36.4 Å². The van der Waals surface area contributed by atoms with Crippen molar-refractivity contribution in [3.05, 3.63) is 69.8 Å². The van der Waals surface area contributed by atoms with E-state index in [2.05, 4.69) is 5.32 Å². The number of nitro benzene ring substituents is 1. The molecule has 0 heterocycles. The summed E-state index contributed by atoms with van der Waals surface area (Å²) in [6, 6.07) is 12.6. The molecule has 6 heteroatoms. The molecule has 21 heavy (non-hydrogen) atoms. The standard InChI is InChI=1S/C15H14N2O4/c18-14-4-2-1-3-12(14)10-16-15(19)9-11-5-7-13(8-6-11)17(20)21/h1-8,18H,9-10H2,(H,16,19). The number of hydrogen-bond donors (Lipinski definition) is 2. The predicted molar refractivity (Wildman–Crippen MR) is 76.8 cm³/mol. The van der Waals surface area contributed by atoms with Gasteiger partial charge in [-0.2, -0.15) is 0 Å². The molecule has 1 amide bonds. The van der Waals surface area contributed by atoms with E-state index in [0.717, 1.165) is 0 Å². The molecule has 0 spiro atoms. The van der Waals surface area contributed by atoms with E-state index in [0.29, 0.717) is 11.1 Å². The lowest BCUT2D eigenvalue weighted by molar-refractivity contribution is -0.384. The highest BCUT2D eigenvalue weighted by atomic mass is 16.6. The fraction of sp³-hybridized carbons (Fsp3) is 0.133. The summed E-state index contributed by atoms with van der Waals surface area (Å²) in [4.78, 5) is 21.8. The van der Waals surface area contributed by atoms with Crippen LogP contribution in [0.4, 0.5) is 5.69 Å². The van der Waals surface area contributed by atoms with Crippen molar-refractivity contribution < 1.29 is 14.8 Å². The van der Waals surface area contributed by atoms with Crippen molar-refractivity contribution in [3.63, 3.8) is 0 Å². The summed E-state index contributed by atoms with van der Waals surface area (Å²) in [6.07, 6.45) is 0.131. The maximum absolute atomic E-state index is 11.8. The monoisotopic (exact) mass is 286 g/mol. The number of carbonyl (C=O) groups excluding carboxylic acids is 1. The highest BCUT2D eigenvalue weighted by Gasteiger charge is 2.08. The molecule has 0 aliphatic carbocycles. The molecule has 0 radical (unpaired) electrons. The summed E-state index contributed by atoms with van der Waals surface area (Å²) >= 11 is 0. The highest BCUT2D eigenvalue weighted by Crippen LogP contribution is 2.15. The van der Waals surface area contributed by atoms with Gasteiger partial charge in [-0.15, -0.1) is 0 Å². The SMILES string of the molecule is O=C(Cc1ccc([N+](=O)[O-])cc1)NCc1ccccc1O. The van der Waals surface area contributed by atoms with Crippen LogP contribution < -0.4 is 5.32 Å². The van der Waals surface area contributed by atoms with Gasteiger partial charge in [0.2, 0.25) is 5.91 Å². The molecule has 2 aromatic carbocycles. The maximum atomic E-state index is 11.8. The van der Waals surface area contributed by atoms with Crippen LogP contribution in [0.3, 0.4) is 0 Å². The summed E-state index contributed by atoms with van der Waals surface area (Å²) in [5.74, 6) is -0.0831. The zero-order valence-electron chi connectivity index (χ0n) is 11.2. The Hall–Kier alpha value is -2.89. The molecule has 0 bridgehead atoms. The van der Waals surface area contributed by atoms with Crippen LogP contribution in [-0.4, -0.2) is 15.9 Å². The molecule has 0 aliphatic rings. The Bertz CT molecular complexity index is 653. The lowest BCUT2D eigenvalue weighted by Crippen LogP contribution is -2.24. The number of hydrogen-bond acceptors (Lipinski definition) is 4. The van der Waals surface area contributed by atoms with Crippen LogP contribution >= 0.6 is 0 Å². The van der Waals surface area contributed by atoms with Crippen molar-refractivity contribution in [2.45, 2.75) is 13.0 Å². The predicted octanol–water partition coefficient (Wildman–Crippen LogP) is 2.16. The molecular formula is C15H14N2O4. The third-order valence-corrected chi connectivity index (χ3v) is 2.98. The molecular weight excluding hydrogens is 272 g/mol. The van der Waals surface area contributed by atoms with Crippen LogP contribution in [0.15, 0.2) is 48.5 Å². The molecule has 6 nitrogen and oxygen atoms in total. The molecule has 0 saturated carbocycles. The number of carbonyl (C=O) groups is 1. The van der Waals surface area contributed by atoms with E-state index in [-0.39, 0.29) is 30.3 Å². The molecule has 0 unspecified atom stereocenters. The number of phenols is 1. The Balaban J connectivity index is 1.90. The van der Waals surface area contributed by atoms with E-state index in [4.69, 9.17) is 0 Å². The third-order valence-electron chi connectivity index (χ3n) is 2.98. The van der Waals surface area contributed by atoms with E-state index in [1.807, 2.05) is 0 Å². The number of amides is 1. The Kier molecular flexibility index (Phi) is 4.50. The number of nitro groups is 1. The second-order valence-electron chi connectivity index (χ2n) is 4.51.